The van der Waals surface area contributed by atoms with Crippen molar-refractivity contribution < 1.29 is 9.53 Å². The quantitative estimate of drug-likeness (QED) is 0.830. The van der Waals surface area contributed by atoms with Gasteiger partial charge in [0.05, 0.1) is 18.6 Å². The fourth-order valence-corrected chi connectivity index (χ4v) is 2.43. The Labute approximate surface area is 114 Å². The van der Waals surface area contributed by atoms with Crippen molar-refractivity contribution >= 4 is 18.5 Å². The van der Waals surface area contributed by atoms with Gasteiger partial charge in [-0.05, 0) is 31.5 Å². The number of rotatable bonds is 2. The van der Waals surface area contributed by atoms with Gasteiger partial charge in [0.25, 0.3) is 0 Å². The average Bonchev–Trinajstić information content (AvgIpc) is 2.31. The predicted octanol–water partition coefficient (Wildman–Crippen LogP) is 2.15. The van der Waals surface area contributed by atoms with Gasteiger partial charge >= 0.3 is 0 Å². The first-order valence-corrected chi connectivity index (χ1v) is 6.70. The Morgan fingerprint density at radius 3 is 2.39 bits per heavy atom. The molecule has 4 heteroatoms. The molecule has 2 rings (SSSR count). The summed E-state index contributed by atoms with van der Waals surface area (Å²) >= 11 is 4.24. The van der Waals surface area contributed by atoms with E-state index in [9.17, 15) is 4.79 Å². The molecule has 0 aliphatic carbocycles. The van der Waals surface area contributed by atoms with Gasteiger partial charge in [0.15, 0.2) is 0 Å². The molecule has 2 unspecified atom stereocenters. The van der Waals surface area contributed by atoms with E-state index in [-0.39, 0.29) is 18.1 Å². The fraction of sp³-hybridized carbons (Fsp3) is 0.500. The number of nitrogens with zero attached hydrogens (tertiary/aromatic N) is 1. The first-order chi connectivity index (χ1) is 8.54. The highest BCUT2D eigenvalue weighted by Crippen LogP contribution is 2.14. The van der Waals surface area contributed by atoms with Gasteiger partial charge in [-0.15, -0.1) is 12.6 Å². The second kappa shape index (κ2) is 5.76. The van der Waals surface area contributed by atoms with Crippen LogP contribution in [0.25, 0.3) is 0 Å². The van der Waals surface area contributed by atoms with Crippen LogP contribution in [0.1, 0.15) is 19.4 Å². The number of hydrogen-bond acceptors (Lipinski definition) is 3. The number of morpholine rings is 1. The lowest BCUT2D eigenvalue weighted by Crippen LogP contribution is -2.48. The molecule has 1 heterocycles. The van der Waals surface area contributed by atoms with Crippen molar-refractivity contribution in [1.29, 1.82) is 0 Å². The first kappa shape index (κ1) is 13.4. The molecular formula is C14H19NO2S. The minimum absolute atomic E-state index is 0.123. The fourth-order valence-electron chi connectivity index (χ4n) is 2.28. The summed E-state index contributed by atoms with van der Waals surface area (Å²) in [5.74, 6) is 0.170. The molecule has 0 saturated carbocycles. The van der Waals surface area contributed by atoms with E-state index in [1.54, 1.807) is 0 Å². The highest BCUT2D eigenvalue weighted by Gasteiger charge is 2.25. The number of thiol groups is 1. The Morgan fingerprint density at radius 2 is 1.83 bits per heavy atom. The number of ether oxygens (including phenoxy) is 1. The van der Waals surface area contributed by atoms with Gasteiger partial charge in [-0.3, -0.25) is 4.79 Å². The number of carbonyl (C=O) groups is 1. The van der Waals surface area contributed by atoms with E-state index in [0.717, 1.165) is 10.5 Å². The van der Waals surface area contributed by atoms with Crippen molar-refractivity contribution in [3.05, 3.63) is 29.8 Å². The van der Waals surface area contributed by atoms with Crippen molar-refractivity contribution in [3.8, 4) is 0 Å². The van der Waals surface area contributed by atoms with Gasteiger partial charge in [-0.2, -0.15) is 0 Å². The van der Waals surface area contributed by atoms with Crippen LogP contribution in [-0.2, 0) is 16.0 Å². The lowest BCUT2D eigenvalue weighted by atomic mass is 10.1. The van der Waals surface area contributed by atoms with Gasteiger partial charge in [-0.1, -0.05) is 12.1 Å². The van der Waals surface area contributed by atoms with Crippen LogP contribution in [0.2, 0.25) is 0 Å². The Morgan fingerprint density at radius 1 is 1.28 bits per heavy atom. The number of hydrogen-bond donors (Lipinski definition) is 1. The molecule has 1 amide bonds. The van der Waals surface area contributed by atoms with Gasteiger partial charge in [0.1, 0.15) is 0 Å². The number of benzene rings is 1. The van der Waals surface area contributed by atoms with E-state index in [2.05, 4.69) is 12.6 Å². The van der Waals surface area contributed by atoms with E-state index in [0.29, 0.717) is 19.5 Å². The van der Waals surface area contributed by atoms with Crippen LogP contribution in [0.15, 0.2) is 29.2 Å². The molecule has 0 radical (unpaired) electrons. The van der Waals surface area contributed by atoms with Crippen LogP contribution in [0, 0.1) is 0 Å². The Balaban J connectivity index is 1.97. The molecule has 0 bridgehead atoms. The van der Waals surface area contributed by atoms with E-state index >= 15 is 0 Å². The van der Waals surface area contributed by atoms with E-state index in [1.807, 2.05) is 43.0 Å². The second-order valence-electron chi connectivity index (χ2n) is 4.90. The Kier molecular flexibility index (Phi) is 4.30. The Bertz CT molecular complexity index is 408. The molecule has 0 N–H and O–H groups in total. The standard InChI is InChI=1S/C14H19NO2S/c1-10-8-15(9-11(2)17-10)14(16)7-12-3-5-13(18)6-4-12/h3-6,10-11,18H,7-9H2,1-2H3. The van der Waals surface area contributed by atoms with Crippen molar-refractivity contribution in [2.45, 2.75) is 37.4 Å². The maximum absolute atomic E-state index is 12.2. The normalized spacial score (nSPS) is 24.1. The molecule has 1 aromatic carbocycles. The zero-order chi connectivity index (χ0) is 13.1. The monoisotopic (exact) mass is 265 g/mol. The molecule has 1 aliphatic rings. The zero-order valence-corrected chi connectivity index (χ0v) is 11.7. The van der Waals surface area contributed by atoms with E-state index in [1.165, 1.54) is 0 Å². The molecule has 0 aromatic heterocycles. The average molecular weight is 265 g/mol. The molecule has 1 aromatic rings. The van der Waals surface area contributed by atoms with Gasteiger partial charge in [-0.25, -0.2) is 0 Å². The third kappa shape index (κ3) is 3.50. The highest BCUT2D eigenvalue weighted by atomic mass is 32.1. The molecule has 18 heavy (non-hydrogen) atoms. The van der Waals surface area contributed by atoms with Crippen LogP contribution in [0.3, 0.4) is 0 Å². The predicted molar refractivity (Wildman–Crippen MR) is 74.0 cm³/mol. The summed E-state index contributed by atoms with van der Waals surface area (Å²) in [6.07, 6.45) is 0.697. The van der Waals surface area contributed by atoms with Crippen LogP contribution in [-0.4, -0.2) is 36.1 Å². The summed E-state index contributed by atoms with van der Waals surface area (Å²) in [6, 6.07) is 7.73. The second-order valence-corrected chi connectivity index (χ2v) is 5.42. The Hall–Kier alpha value is -1.00. The summed E-state index contributed by atoms with van der Waals surface area (Å²) in [5, 5.41) is 0. The van der Waals surface area contributed by atoms with Crippen molar-refractivity contribution in [1.82, 2.24) is 4.90 Å². The van der Waals surface area contributed by atoms with E-state index in [4.69, 9.17) is 4.74 Å². The topological polar surface area (TPSA) is 29.5 Å². The van der Waals surface area contributed by atoms with Crippen LogP contribution >= 0.6 is 12.6 Å². The zero-order valence-electron chi connectivity index (χ0n) is 10.8. The minimum Gasteiger partial charge on any atom is -0.372 e. The van der Waals surface area contributed by atoms with Gasteiger partial charge in [0.2, 0.25) is 5.91 Å². The minimum atomic E-state index is 0.123. The van der Waals surface area contributed by atoms with Crippen LogP contribution in [0.4, 0.5) is 0 Å². The molecule has 1 saturated heterocycles. The number of amides is 1. The third-order valence-electron chi connectivity index (χ3n) is 3.06. The molecule has 3 nitrogen and oxygen atoms in total. The SMILES string of the molecule is CC1CN(C(=O)Cc2ccc(S)cc2)CC(C)O1. The largest absolute Gasteiger partial charge is 0.372 e. The molecule has 0 spiro atoms. The highest BCUT2D eigenvalue weighted by molar-refractivity contribution is 7.80. The maximum atomic E-state index is 12.2. The smallest absolute Gasteiger partial charge is 0.227 e. The molecule has 2 atom stereocenters. The maximum Gasteiger partial charge on any atom is 0.227 e. The summed E-state index contributed by atoms with van der Waals surface area (Å²) < 4.78 is 5.63. The summed E-state index contributed by atoms with van der Waals surface area (Å²) in [6.45, 7) is 5.39. The molecular weight excluding hydrogens is 246 g/mol. The molecule has 1 aliphatic heterocycles. The summed E-state index contributed by atoms with van der Waals surface area (Å²) in [4.78, 5) is 15.0. The molecule has 1 fully saturated rings. The van der Waals surface area contributed by atoms with Gasteiger partial charge < -0.3 is 9.64 Å². The van der Waals surface area contributed by atoms with Crippen molar-refractivity contribution in [2.24, 2.45) is 0 Å². The first-order valence-electron chi connectivity index (χ1n) is 6.25. The van der Waals surface area contributed by atoms with Crippen LogP contribution in [0.5, 0.6) is 0 Å². The summed E-state index contributed by atoms with van der Waals surface area (Å²) in [5.41, 5.74) is 1.03. The van der Waals surface area contributed by atoms with Crippen LogP contribution < -0.4 is 0 Å². The van der Waals surface area contributed by atoms with E-state index < -0.39 is 0 Å². The lowest BCUT2D eigenvalue weighted by molar-refractivity contribution is -0.142. The number of carbonyl (C=O) groups excluding carboxylic acids is 1. The van der Waals surface area contributed by atoms with Crippen molar-refractivity contribution in [2.75, 3.05) is 13.1 Å². The summed E-state index contributed by atoms with van der Waals surface area (Å²) in [7, 11) is 0. The lowest BCUT2D eigenvalue weighted by Gasteiger charge is -2.35. The van der Waals surface area contributed by atoms with Gasteiger partial charge in [0, 0.05) is 18.0 Å². The molecule has 98 valence electrons. The third-order valence-corrected chi connectivity index (χ3v) is 3.36. The van der Waals surface area contributed by atoms with Crippen molar-refractivity contribution in [3.63, 3.8) is 0 Å².